The highest BCUT2D eigenvalue weighted by molar-refractivity contribution is 6.30. The minimum Gasteiger partial charge on any atom is -0.481 e. The van der Waals surface area contributed by atoms with E-state index in [1.165, 1.54) is 12.1 Å². The first-order chi connectivity index (χ1) is 16.2. The summed E-state index contributed by atoms with van der Waals surface area (Å²) in [5.41, 5.74) is 3.05. The second-order valence-electron chi connectivity index (χ2n) is 8.94. The molecule has 0 aliphatic carbocycles. The molecule has 178 valence electrons. The van der Waals surface area contributed by atoms with Gasteiger partial charge in [-0.05, 0) is 23.6 Å². The lowest BCUT2D eigenvalue weighted by molar-refractivity contribution is -0.138. The van der Waals surface area contributed by atoms with Gasteiger partial charge in [0.05, 0.1) is 5.69 Å². The number of carbonyl (C=O) groups is 1. The van der Waals surface area contributed by atoms with Gasteiger partial charge in [-0.25, -0.2) is 18.7 Å². The first-order valence-electron chi connectivity index (χ1n) is 11.2. The fraction of sp³-hybridized carbons (Fsp3) is 0.346. The van der Waals surface area contributed by atoms with Gasteiger partial charge in [-0.15, -0.1) is 0 Å². The van der Waals surface area contributed by atoms with Crippen LogP contribution in [-0.2, 0) is 30.1 Å². The summed E-state index contributed by atoms with van der Waals surface area (Å²) in [5, 5.41) is 9.40. The summed E-state index contributed by atoms with van der Waals surface area (Å²) < 4.78 is 29.6. The van der Waals surface area contributed by atoms with E-state index in [0.29, 0.717) is 35.1 Å². The Bertz CT molecular complexity index is 1170. The van der Waals surface area contributed by atoms with Gasteiger partial charge in [0.2, 0.25) is 0 Å². The normalized spacial score (nSPS) is 15.1. The van der Waals surface area contributed by atoms with Crippen LogP contribution in [0.5, 0.6) is 0 Å². The molecule has 1 aliphatic heterocycles. The van der Waals surface area contributed by atoms with Crippen molar-refractivity contribution in [3.63, 3.8) is 0 Å². The number of hydrogen-bond donors (Lipinski definition) is 1. The maximum Gasteiger partial charge on any atom is 0.303 e. The number of nitrogens with zero attached hydrogens (tertiary/aromatic N) is 3. The highest BCUT2D eigenvalue weighted by Crippen LogP contribution is 2.33. The van der Waals surface area contributed by atoms with Crippen molar-refractivity contribution in [1.82, 2.24) is 14.9 Å². The van der Waals surface area contributed by atoms with Crippen LogP contribution in [0.25, 0.3) is 11.4 Å². The van der Waals surface area contributed by atoms with Crippen LogP contribution in [0, 0.1) is 5.92 Å². The zero-order valence-electron chi connectivity index (χ0n) is 18.8. The maximum absolute atomic E-state index is 14.8. The largest absolute Gasteiger partial charge is 0.481 e. The topological polar surface area (TPSA) is 66.3 Å². The summed E-state index contributed by atoms with van der Waals surface area (Å²) in [6.07, 6.45) is 2.24. The van der Waals surface area contributed by atoms with E-state index in [4.69, 9.17) is 16.7 Å². The van der Waals surface area contributed by atoms with Crippen molar-refractivity contribution in [2.45, 2.75) is 38.7 Å². The van der Waals surface area contributed by atoms with Crippen LogP contribution in [0.15, 0.2) is 54.7 Å². The Morgan fingerprint density at radius 3 is 2.71 bits per heavy atom. The molecule has 0 saturated heterocycles. The van der Waals surface area contributed by atoms with Crippen LogP contribution in [-0.4, -0.2) is 39.0 Å². The van der Waals surface area contributed by atoms with Crippen molar-refractivity contribution in [2.24, 2.45) is 5.92 Å². The smallest absolute Gasteiger partial charge is 0.303 e. The number of alkyl halides is 2. The third-order valence-electron chi connectivity index (χ3n) is 5.99. The van der Waals surface area contributed by atoms with Gasteiger partial charge in [0, 0.05) is 66.8 Å². The van der Waals surface area contributed by atoms with Crippen LogP contribution >= 0.6 is 11.6 Å². The Morgan fingerprint density at radius 2 is 2.00 bits per heavy atom. The molecule has 4 rings (SSSR count). The van der Waals surface area contributed by atoms with Gasteiger partial charge in [-0.3, -0.25) is 9.69 Å². The van der Waals surface area contributed by atoms with Crippen LogP contribution in [0.4, 0.5) is 8.78 Å². The molecule has 2 aromatic carbocycles. The molecule has 0 saturated carbocycles. The summed E-state index contributed by atoms with van der Waals surface area (Å²) in [7, 11) is 0. The number of rotatable bonds is 8. The molecule has 1 unspecified atom stereocenters. The lowest BCUT2D eigenvalue weighted by Crippen LogP contribution is -2.35. The van der Waals surface area contributed by atoms with E-state index in [2.05, 4.69) is 14.9 Å². The average Bonchev–Trinajstić information content (AvgIpc) is 2.78. The van der Waals surface area contributed by atoms with E-state index < -0.39 is 18.3 Å². The van der Waals surface area contributed by atoms with Gasteiger partial charge < -0.3 is 5.11 Å². The molecule has 1 N–H and O–H groups in total. The van der Waals surface area contributed by atoms with E-state index in [1.807, 2.05) is 6.92 Å². The molecule has 0 spiro atoms. The monoisotopic (exact) mass is 485 g/mol. The summed E-state index contributed by atoms with van der Waals surface area (Å²) >= 11 is 5.92. The van der Waals surface area contributed by atoms with E-state index in [9.17, 15) is 13.6 Å². The Labute approximate surface area is 202 Å². The Morgan fingerprint density at radius 1 is 1.24 bits per heavy atom. The van der Waals surface area contributed by atoms with Crippen molar-refractivity contribution < 1.29 is 18.7 Å². The summed E-state index contributed by atoms with van der Waals surface area (Å²) in [5.74, 6) is -3.24. The maximum atomic E-state index is 14.8. The molecule has 3 aromatic rings. The van der Waals surface area contributed by atoms with Gasteiger partial charge in [0.15, 0.2) is 5.82 Å². The number of fused-ring (bicyclic) bond motifs is 1. The van der Waals surface area contributed by atoms with Crippen molar-refractivity contribution in [3.05, 3.63) is 82.1 Å². The van der Waals surface area contributed by atoms with E-state index in [0.717, 1.165) is 24.2 Å². The van der Waals surface area contributed by atoms with Gasteiger partial charge in [-0.2, -0.15) is 0 Å². The second-order valence-corrected chi connectivity index (χ2v) is 9.38. The van der Waals surface area contributed by atoms with Crippen LogP contribution in [0.3, 0.4) is 0 Å². The molecular weight excluding hydrogens is 460 g/mol. The predicted octanol–water partition coefficient (Wildman–Crippen LogP) is 5.60. The van der Waals surface area contributed by atoms with Crippen molar-refractivity contribution in [2.75, 3.05) is 13.1 Å². The SMILES string of the molecule is CC(CC(=O)O)CN1CCc2nc(-c3ccc(C(F)(F)Cc4cccc(Cl)c4)cc3)ncc2C1. The van der Waals surface area contributed by atoms with Gasteiger partial charge in [0.1, 0.15) is 0 Å². The zero-order chi connectivity index (χ0) is 24.3. The fourth-order valence-corrected chi connectivity index (χ4v) is 4.55. The van der Waals surface area contributed by atoms with Gasteiger partial charge in [-0.1, -0.05) is 54.9 Å². The highest BCUT2D eigenvalue weighted by Gasteiger charge is 2.32. The van der Waals surface area contributed by atoms with Gasteiger partial charge in [0.25, 0.3) is 5.92 Å². The second kappa shape index (κ2) is 10.2. The number of carboxylic acid groups (broad SMARTS) is 1. The first-order valence-corrected chi connectivity index (χ1v) is 11.6. The van der Waals surface area contributed by atoms with Crippen molar-refractivity contribution >= 4 is 17.6 Å². The lowest BCUT2D eigenvalue weighted by atomic mass is 9.99. The Balaban J connectivity index is 1.44. The minimum absolute atomic E-state index is 0.0646. The molecule has 2 heterocycles. The molecule has 0 bridgehead atoms. The van der Waals surface area contributed by atoms with E-state index >= 15 is 0 Å². The average molecular weight is 486 g/mol. The van der Waals surface area contributed by atoms with Crippen molar-refractivity contribution in [1.29, 1.82) is 0 Å². The van der Waals surface area contributed by atoms with Crippen LogP contribution in [0.2, 0.25) is 5.02 Å². The van der Waals surface area contributed by atoms with Gasteiger partial charge >= 0.3 is 5.97 Å². The molecule has 5 nitrogen and oxygen atoms in total. The molecule has 1 atom stereocenters. The molecule has 8 heteroatoms. The quantitative estimate of drug-likeness (QED) is 0.450. The van der Waals surface area contributed by atoms with Crippen LogP contribution in [0.1, 0.15) is 35.7 Å². The van der Waals surface area contributed by atoms with Crippen molar-refractivity contribution in [3.8, 4) is 11.4 Å². The molecule has 34 heavy (non-hydrogen) atoms. The molecule has 1 aliphatic rings. The molecule has 1 aromatic heterocycles. The standard InChI is InChI=1S/C26H26ClF2N3O2/c1-17(11-24(33)34)15-32-10-9-23-20(16-32)14-30-25(31-23)19-5-7-21(8-6-19)26(28,29)13-18-3-2-4-22(27)12-18/h2-8,12,14,17H,9-11,13,15-16H2,1H3,(H,33,34). The molecular formula is C26H26ClF2N3O2. The molecule has 0 fully saturated rings. The third kappa shape index (κ3) is 5.96. The summed E-state index contributed by atoms with van der Waals surface area (Å²) in [6, 6.07) is 12.6. The number of carboxylic acids is 1. The number of hydrogen-bond acceptors (Lipinski definition) is 4. The number of benzene rings is 2. The Kier molecular flexibility index (Phi) is 7.24. The molecule has 0 amide bonds. The number of halogens is 3. The highest BCUT2D eigenvalue weighted by atomic mass is 35.5. The van der Waals surface area contributed by atoms with E-state index in [-0.39, 0.29) is 17.9 Å². The molecule has 0 radical (unpaired) electrons. The van der Waals surface area contributed by atoms with E-state index in [1.54, 1.807) is 42.6 Å². The summed E-state index contributed by atoms with van der Waals surface area (Å²) in [6.45, 7) is 4.11. The van der Waals surface area contributed by atoms with Crippen LogP contribution < -0.4 is 0 Å². The fourth-order valence-electron chi connectivity index (χ4n) is 4.34. The first kappa shape index (κ1) is 24.2. The summed E-state index contributed by atoms with van der Waals surface area (Å²) in [4.78, 5) is 22.3. The third-order valence-corrected chi connectivity index (χ3v) is 6.22. The number of aromatic nitrogens is 2. The minimum atomic E-state index is -3.03. The Hall–Kier alpha value is -2.90. The predicted molar refractivity (Wildman–Crippen MR) is 127 cm³/mol. The lowest BCUT2D eigenvalue weighted by Gasteiger charge is -2.29. The zero-order valence-corrected chi connectivity index (χ0v) is 19.6. The number of aliphatic carboxylic acids is 1.